The van der Waals surface area contributed by atoms with Crippen molar-refractivity contribution in [3.8, 4) is 11.5 Å². The molecule has 0 unspecified atom stereocenters. The van der Waals surface area contributed by atoms with Crippen LogP contribution in [-0.4, -0.2) is 21.0 Å². The van der Waals surface area contributed by atoms with Gasteiger partial charge < -0.3 is 5.32 Å². The van der Waals surface area contributed by atoms with Gasteiger partial charge in [0.1, 0.15) is 5.69 Å². The molecule has 0 aliphatic heterocycles. The normalized spacial score (nSPS) is 14.6. The van der Waals surface area contributed by atoms with Crippen molar-refractivity contribution in [2.24, 2.45) is 0 Å². The van der Waals surface area contributed by atoms with Crippen LogP contribution in [0.3, 0.4) is 0 Å². The van der Waals surface area contributed by atoms with Gasteiger partial charge in [0.05, 0.1) is 0 Å². The van der Waals surface area contributed by atoms with Crippen LogP contribution in [0, 0.1) is 0 Å². The number of nitrogens with one attached hydrogen (secondary N) is 1. The Kier molecular flexibility index (Phi) is 3.51. The SMILES string of the molecule is CCc1cccnc1-c1ncc(CNC2CC2)cn1. The minimum Gasteiger partial charge on any atom is -0.310 e. The lowest BCUT2D eigenvalue weighted by Gasteiger charge is -2.06. The quantitative estimate of drug-likeness (QED) is 0.890. The van der Waals surface area contributed by atoms with Crippen LogP contribution in [0.5, 0.6) is 0 Å². The van der Waals surface area contributed by atoms with E-state index in [0.717, 1.165) is 24.2 Å². The Labute approximate surface area is 113 Å². The van der Waals surface area contributed by atoms with Crippen LogP contribution in [0.2, 0.25) is 0 Å². The molecule has 0 saturated heterocycles. The molecule has 1 aliphatic carbocycles. The summed E-state index contributed by atoms with van der Waals surface area (Å²) in [5, 5.41) is 3.46. The summed E-state index contributed by atoms with van der Waals surface area (Å²) >= 11 is 0. The molecular formula is C15H18N4. The fourth-order valence-electron chi connectivity index (χ4n) is 2.04. The van der Waals surface area contributed by atoms with Gasteiger partial charge in [0.25, 0.3) is 0 Å². The number of hydrogen-bond acceptors (Lipinski definition) is 4. The van der Waals surface area contributed by atoms with Crippen molar-refractivity contribution in [1.82, 2.24) is 20.3 Å². The molecule has 0 bridgehead atoms. The maximum Gasteiger partial charge on any atom is 0.178 e. The third kappa shape index (κ3) is 2.96. The monoisotopic (exact) mass is 254 g/mol. The van der Waals surface area contributed by atoms with Crippen molar-refractivity contribution < 1.29 is 0 Å². The number of hydrogen-bond donors (Lipinski definition) is 1. The van der Waals surface area contributed by atoms with Gasteiger partial charge >= 0.3 is 0 Å². The first kappa shape index (κ1) is 12.2. The Morgan fingerprint density at radius 3 is 2.68 bits per heavy atom. The largest absolute Gasteiger partial charge is 0.310 e. The molecule has 0 spiro atoms. The van der Waals surface area contributed by atoms with E-state index in [9.17, 15) is 0 Å². The lowest BCUT2D eigenvalue weighted by atomic mass is 10.1. The van der Waals surface area contributed by atoms with Gasteiger partial charge in [-0.25, -0.2) is 9.97 Å². The van der Waals surface area contributed by atoms with Gasteiger partial charge in [0.2, 0.25) is 0 Å². The van der Waals surface area contributed by atoms with Crippen LogP contribution >= 0.6 is 0 Å². The first-order valence-corrected chi connectivity index (χ1v) is 6.85. The van der Waals surface area contributed by atoms with Gasteiger partial charge in [-0.3, -0.25) is 4.98 Å². The van der Waals surface area contributed by atoms with Gasteiger partial charge in [-0.2, -0.15) is 0 Å². The van der Waals surface area contributed by atoms with Crippen LogP contribution in [0.15, 0.2) is 30.7 Å². The molecule has 4 nitrogen and oxygen atoms in total. The van der Waals surface area contributed by atoms with E-state index in [1.54, 1.807) is 6.20 Å². The smallest absolute Gasteiger partial charge is 0.178 e. The van der Waals surface area contributed by atoms with E-state index in [-0.39, 0.29) is 0 Å². The molecular weight excluding hydrogens is 236 g/mol. The summed E-state index contributed by atoms with van der Waals surface area (Å²) in [6, 6.07) is 4.74. The van der Waals surface area contributed by atoms with Crippen LogP contribution in [0.25, 0.3) is 11.5 Å². The first-order chi connectivity index (χ1) is 9.36. The molecule has 1 aliphatic rings. The zero-order valence-electron chi connectivity index (χ0n) is 11.1. The number of pyridine rings is 1. The standard InChI is InChI=1S/C15H18N4/c1-2-12-4-3-7-16-14(12)15-18-9-11(10-19-15)8-17-13-5-6-13/h3-4,7,9-10,13,17H,2,5-6,8H2,1H3. The number of aryl methyl sites for hydroxylation is 1. The second kappa shape index (κ2) is 5.45. The summed E-state index contributed by atoms with van der Waals surface area (Å²) in [6.45, 7) is 2.97. The van der Waals surface area contributed by atoms with E-state index in [2.05, 4.69) is 33.3 Å². The lowest BCUT2D eigenvalue weighted by molar-refractivity contribution is 0.683. The minimum atomic E-state index is 0.710. The number of rotatable bonds is 5. The Hall–Kier alpha value is -1.81. The fourth-order valence-corrected chi connectivity index (χ4v) is 2.04. The van der Waals surface area contributed by atoms with Crippen molar-refractivity contribution in [2.75, 3.05) is 0 Å². The summed E-state index contributed by atoms with van der Waals surface area (Å²) < 4.78 is 0. The first-order valence-electron chi connectivity index (χ1n) is 6.85. The summed E-state index contributed by atoms with van der Waals surface area (Å²) in [5.74, 6) is 0.715. The molecule has 19 heavy (non-hydrogen) atoms. The molecule has 2 aromatic rings. The van der Waals surface area contributed by atoms with Gasteiger partial charge in [-0.15, -0.1) is 0 Å². The Morgan fingerprint density at radius 2 is 2.00 bits per heavy atom. The van der Waals surface area contributed by atoms with Crippen LogP contribution in [0.1, 0.15) is 30.9 Å². The lowest BCUT2D eigenvalue weighted by Crippen LogP contribution is -2.15. The highest BCUT2D eigenvalue weighted by Crippen LogP contribution is 2.20. The van der Waals surface area contributed by atoms with Gasteiger partial charge in [-0.05, 0) is 30.9 Å². The van der Waals surface area contributed by atoms with Crippen LogP contribution in [0.4, 0.5) is 0 Å². The molecule has 1 N–H and O–H groups in total. The summed E-state index contributed by atoms with van der Waals surface area (Å²) in [6.07, 6.45) is 9.12. The van der Waals surface area contributed by atoms with E-state index in [0.29, 0.717) is 11.9 Å². The average Bonchev–Trinajstić information content (AvgIpc) is 3.30. The molecule has 3 rings (SSSR count). The van der Waals surface area contributed by atoms with Crippen LogP contribution < -0.4 is 5.32 Å². The van der Waals surface area contributed by atoms with Crippen molar-refractivity contribution in [3.63, 3.8) is 0 Å². The topological polar surface area (TPSA) is 50.7 Å². The highest BCUT2D eigenvalue weighted by atomic mass is 15.0. The van der Waals surface area contributed by atoms with E-state index < -0.39 is 0 Å². The molecule has 1 fully saturated rings. The van der Waals surface area contributed by atoms with Crippen molar-refractivity contribution >= 4 is 0 Å². The number of nitrogens with zero attached hydrogens (tertiary/aromatic N) is 3. The highest BCUT2D eigenvalue weighted by molar-refractivity contribution is 5.54. The van der Waals surface area contributed by atoms with E-state index in [1.165, 1.54) is 18.4 Å². The third-order valence-electron chi connectivity index (χ3n) is 3.36. The zero-order chi connectivity index (χ0) is 13.1. The van der Waals surface area contributed by atoms with E-state index >= 15 is 0 Å². The molecule has 0 amide bonds. The van der Waals surface area contributed by atoms with Gasteiger partial charge in [0.15, 0.2) is 5.82 Å². The van der Waals surface area contributed by atoms with Gasteiger partial charge in [0, 0.05) is 36.7 Å². The van der Waals surface area contributed by atoms with Crippen molar-refractivity contribution in [1.29, 1.82) is 0 Å². The molecule has 1 saturated carbocycles. The Bertz CT molecular complexity index is 546. The van der Waals surface area contributed by atoms with Gasteiger partial charge in [-0.1, -0.05) is 13.0 Å². The predicted octanol–water partition coefficient (Wildman–Crippen LogP) is 2.35. The maximum atomic E-state index is 4.44. The second-order valence-electron chi connectivity index (χ2n) is 4.93. The molecule has 98 valence electrons. The van der Waals surface area contributed by atoms with Crippen molar-refractivity contribution in [3.05, 3.63) is 41.9 Å². The molecule has 0 aromatic carbocycles. The molecule has 0 atom stereocenters. The molecule has 2 aromatic heterocycles. The van der Waals surface area contributed by atoms with Crippen LogP contribution in [-0.2, 0) is 13.0 Å². The predicted molar refractivity (Wildman–Crippen MR) is 74.5 cm³/mol. The summed E-state index contributed by atoms with van der Waals surface area (Å²) in [5.41, 5.74) is 3.21. The highest BCUT2D eigenvalue weighted by Gasteiger charge is 2.20. The minimum absolute atomic E-state index is 0.710. The second-order valence-corrected chi connectivity index (χ2v) is 4.93. The molecule has 0 radical (unpaired) electrons. The summed E-state index contributed by atoms with van der Waals surface area (Å²) in [4.78, 5) is 13.3. The number of aromatic nitrogens is 3. The Balaban J connectivity index is 1.77. The third-order valence-corrected chi connectivity index (χ3v) is 3.36. The van der Waals surface area contributed by atoms with E-state index in [4.69, 9.17) is 0 Å². The zero-order valence-corrected chi connectivity index (χ0v) is 11.1. The molecule has 2 heterocycles. The summed E-state index contributed by atoms with van der Waals surface area (Å²) in [7, 11) is 0. The maximum absolute atomic E-state index is 4.44. The average molecular weight is 254 g/mol. The fraction of sp³-hybridized carbons (Fsp3) is 0.400. The molecule has 4 heteroatoms. The van der Waals surface area contributed by atoms with E-state index in [1.807, 2.05) is 18.5 Å². The van der Waals surface area contributed by atoms with Crippen molar-refractivity contribution in [2.45, 2.75) is 38.8 Å². The Morgan fingerprint density at radius 1 is 1.21 bits per heavy atom.